The summed E-state index contributed by atoms with van der Waals surface area (Å²) in [6, 6.07) is 9.66. The molecule has 1 aliphatic carbocycles. The molecule has 2 aromatic carbocycles. The highest BCUT2D eigenvalue weighted by molar-refractivity contribution is 5.94. The van der Waals surface area contributed by atoms with Crippen LogP contribution < -0.4 is 19.5 Å². The Morgan fingerprint density at radius 2 is 1.88 bits per heavy atom. The molecule has 0 saturated heterocycles. The second-order valence-corrected chi connectivity index (χ2v) is 8.22. The zero-order valence-corrected chi connectivity index (χ0v) is 19.8. The predicted octanol–water partition coefficient (Wildman–Crippen LogP) is 5.24. The highest BCUT2D eigenvalue weighted by Gasteiger charge is 2.29. The lowest BCUT2D eigenvalue weighted by atomic mass is 10.1. The summed E-state index contributed by atoms with van der Waals surface area (Å²) in [4.78, 5) is 18.6. The number of fused-ring (bicyclic) bond motifs is 1. The zero-order chi connectivity index (χ0) is 24.1. The lowest BCUT2D eigenvalue weighted by molar-refractivity contribution is -0.117. The van der Waals surface area contributed by atoms with Gasteiger partial charge in [-0.1, -0.05) is 13.8 Å². The molecule has 0 aliphatic heterocycles. The third-order valence-corrected chi connectivity index (χ3v) is 5.91. The van der Waals surface area contributed by atoms with E-state index in [4.69, 9.17) is 14.2 Å². The summed E-state index contributed by atoms with van der Waals surface area (Å²) in [5.74, 6) is 1.03. The van der Waals surface area contributed by atoms with Crippen molar-refractivity contribution in [2.75, 3.05) is 38.7 Å². The molecular weight excluding hydrogens is 437 g/mol. The van der Waals surface area contributed by atoms with Crippen LogP contribution in [0, 0.1) is 11.7 Å². The summed E-state index contributed by atoms with van der Waals surface area (Å²) in [5, 5.41) is 3.41. The molecule has 0 radical (unpaired) electrons. The topological polar surface area (TPSA) is 72.9 Å². The van der Waals surface area contributed by atoms with Gasteiger partial charge in [-0.25, -0.2) is 4.39 Å². The van der Waals surface area contributed by atoms with Gasteiger partial charge in [0.15, 0.2) is 23.1 Å². The predicted molar refractivity (Wildman–Crippen MR) is 129 cm³/mol. The van der Waals surface area contributed by atoms with Gasteiger partial charge in [0, 0.05) is 41.9 Å². The van der Waals surface area contributed by atoms with Crippen LogP contribution in [0.15, 0.2) is 42.6 Å². The van der Waals surface area contributed by atoms with Crippen LogP contribution in [0.5, 0.6) is 23.0 Å². The van der Waals surface area contributed by atoms with Gasteiger partial charge in [0.1, 0.15) is 12.4 Å². The molecule has 0 atom stereocenters. The van der Waals surface area contributed by atoms with Crippen molar-refractivity contribution < 1.29 is 23.4 Å². The van der Waals surface area contributed by atoms with E-state index in [0.29, 0.717) is 40.4 Å². The fourth-order valence-corrected chi connectivity index (χ4v) is 3.68. The van der Waals surface area contributed by atoms with E-state index in [0.717, 1.165) is 32.5 Å². The number of nitrogens with one attached hydrogen (secondary N) is 1. The summed E-state index contributed by atoms with van der Waals surface area (Å²) in [7, 11) is 1.57. The fourth-order valence-electron chi connectivity index (χ4n) is 3.68. The summed E-state index contributed by atoms with van der Waals surface area (Å²) in [6.45, 7) is 7.48. The van der Waals surface area contributed by atoms with Crippen molar-refractivity contribution in [2.45, 2.75) is 26.7 Å². The smallest absolute Gasteiger partial charge is 0.227 e. The Bertz CT molecular complexity index is 1160. The van der Waals surface area contributed by atoms with E-state index in [1.165, 1.54) is 12.1 Å². The number of amides is 1. The molecule has 1 amide bonds. The largest absolute Gasteiger partial charge is 0.493 e. The van der Waals surface area contributed by atoms with E-state index in [1.807, 2.05) is 0 Å². The van der Waals surface area contributed by atoms with Crippen LogP contribution in [-0.4, -0.2) is 49.1 Å². The first-order chi connectivity index (χ1) is 16.5. The van der Waals surface area contributed by atoms with Gasteiger partial charge in [0.05, 0.1) is 12.6 Å². The average molecular weight is 468 g/mol. The van der Waals surface area contributed by atoms with Crippen LogP contribution in [-0.2, 0) is 4.79 Å². The number of hydrogen-bond acceptors (Lipinski definition) is 6. The molecule has 180 valence electrons. The molecule has 4 rings (SSSR count). The quantitative estimate of drug-likeness (QED) is 0.416. The first-order valence-electron chi connectivity index (χ1n) is 11.6. The summed E-state index contributed by atoms with van der Waals surface area (Å²) in [6.07, 6.45) is 3.37. The number of methoxy groups -OCH3 is 1. The maximum absolute atomic E-state index is 14.7. The van der Waals surface area contributed by atoms with Gasteiger partial charge >= 0.3 is 0 Å². The van der Waals surface area contributed by atoms with Gasteiger partial charge in [-0.3, -0.25) is 9.78 Å². The molecule has 0 spiro atoms. The number of benzene rings is 2. The Morgan fingerprint density at radius 3 is 2.56 bits per heavy atom. The van der Waals surface area contributed by atoms with Crippen molar-refractivity contribution in [3.05, 3.63) is 48.4 Å². The summed E-state index contributed by atoms with van der Waals surface area (Å²) >= 11 is 0. The lowest BCUT2D eigenvalue weighted by Crippen LogP contribution is -2.27. The van der Waals surface area contributed by atoms with Crippen molar-refractivity contribution >= 4 is 22.5 Å². The number of nitrogens with zero attached hydrogens (tertiary/aromatic N) is 2. The SMILES string of the molecule is CCN(CC)CCOc1cc2nccc(Oc3ccc(NC(=O)C4CC4)cc3F)c2cc1OC. The van der Waals surface area contributed by atoms with Gasteiger partial charge in [-0.15, -0.1) is 0 Å². The molecule has 7 nitrogen and oxygen atoms in total. The van der Waals surface area contributed by atoms with Crippen LogP contribution >= 0.6 is 0 Å². The van der Waals surface area contributed by atoms with Gasteiger partial charge in [0.2, 0.25) is 5.91 Å². The Balaban J connectivity index is 1.53. The van der Waals surface area contributed by atoms with E-state index in [-0.39, 0.29) is 17.6 Å². The summed E-state index contributed by atoms with van der Waals surface area (Å²) < 4.78 is 32.1. The van der Waals surface area contributed by atoms with Gasteiger partial charge in [-0.2, -0.15) is 0 Å². The molecule has 1 aliphatic rings. The average Bonchev–Trinajstić information content (AvgIpc) is 3.69. The molecule has 1 fully saturated rings. The normalized spacial score (nSPS) is 13.2. The van der Waals surface area contributed by atoms with Crippen molar-refractivity contribution in [3.8, 4) is 23.0 Å². The van der Waals surface area contributed by atoms with E-state index in [9.17, 15) is 9.18 Å². The molecular formula is C26H30FN3O4. The monoisotopic (exact) mass is 467 g/mol. The third kappa shape index (κ3) is 5.56. The minimum absolute atomic E-state index is 0.0447. The lowest BCUT2D eigenvalue weighted by Gasteiger charge is -2.19. The third-order valence-electron chi connectivity index (χ3n) is 5.91. The molecule has 0 bridgehead atoms. The Hall–Kier alpha value is -3.39. The van der Waals surface area contributed by atoms with Crippen LogP contribution in [0.2, 0.25) is 0 Å². The van der Waals surface area contributed by atoms with Crippen molar-refractivity contribution in [2.24, 2.45) is 5.92 Å². The van der Waals surface area contributed by atoms with Crippen molar-refractivity contribution in [1.29, 1.82) is 0 Å². The Kier molecular flexibility index (Phi) is 7.47. The van der Waals surface area contributed by atoms with Crippen molar-refractivity contribution in [3.63, 3.8) is 0 Å². The number of anilines is 1. The number of halogens is 1. The minimum Gasteiger partial charge on any atom is -0.493 e. The number of hydrogen-bond donors (Lipinski definition) is 1. The van der Waals surface area contributed by atoms with Gasteiger partial charge in [0.25, 0.3) is 0 Å². The maximum Gasteiger partial charge on any atom is 0.227 e. The van der Waals surface area contributed by atoms with E-state index >= 15 is 0 Å². The van der Waals surface area contributed by atoms with Crippen LogP contribution in [0.4, 0.5) is 10.1 Å². The molecule has 1 N–H and O–H groups in total. The number of rotatable bonds is 11. The molecule has 8 heteroatoms. The van der Waals surface area contributed by atoms with Gasteiger partial charge < -0.3 is 24.4 Å². The first-order valence-corrected chi connectivity index (χ1v) is 11.6. The van der Waals surface area contributed by atoms with Crippen LogP contribution in [0.3, 0.4) is 0 Å². The number of pyridine rings is 1. The fraction of sp³-hybridized carbons (Fsp3) is 0.385. The Morgan fingerprint density at radius 1 is 1.09 bits per heavy atom. The second kappa shape index (κ2) is 10.7. The maximum atomic E-state index is 14.7. The molecule has 3 aromatic rings. The highest BCUT2D eigenvalue weighted by atomic mass is 19.1. The highest BCUT2D eigenvalue weighted by Crippen LogP contribution is 2.38. The molecule has 1 aromatic heterocycles. The zero-order valence-electron chi connectivity index (χ0n) is 19.8. The number of likely N-dealkylation sites (N-methyl/N-ethyl adjacent to an activating group) is 1. The van der Waals surface area contributed by atoms with Crippen LogP contribution in [0.25, 0.3) is 10.9 Å². The molecule has 1 heterocycles. The molecule has 0 unspecified atom stereocenters. The molecule has 1 saturated carbocycles. The van der Waals surface area contributed by atoms with Gasteiger partial charge in [-0.05, 0) is 50.2 Å². The van der Waals surface area contributed by atoms with Crippen molar-refractivity contribution in [1.82, 2.24) is 9.88 Å². The minimum atomic E-state index is -0.568. The number of carbonyl (C=O) groups excluding carboxylic acids is 1. The number of aromatic nitrogens is 1. The van der Waals surface area contributed by atoms with E-state index in [1.54, 1.807) is 37.6 Å². The van der Waals surface area contributed by atoms with E-state index < -0.39 is 5.82 Å². The van der Waals surface area contributed by atoms with Crippen LogP contribution in [0.1, 0.15) is 26.7 Å². The van der Waals surface area contributed by atoms with E-state index in [2.05, 4.69) is 29.0 Å². The Labute approximate surface area is 198 Å². The molecule has 34 heavy (non-hydrogen) atoms. The first kappa shape index (κ1) is 23.8. The second-order valence-electron chi connectivity index (χ2n) is 8.22. The number of carbonyl (C=O) groups is 1. The number of ether oxygens (including phenoxy) is 3. The summed E-state index contributed by atoms with van der Waals surface area (Å²) in [5.41, 5.74) is 1.05. The standard InChI is InChI=1S/C26H30FN3O4/c1-4-30(5-2)12-13-33-25-16-21-19(15-24(25)32-3)22(10-11-28-21)34-23-9-8-18(14-20(23)27)29-26(31)17-6-7-17/h8-11,14-17H,4-7,12-13H2,1-3H3,(H,29,31).